The molecule has 1 aromatic heterocycles. The number of benzene rings is 1. The Balaban J connectivity index is 2.79. The maximum Gasteiger partial charge on any atom is 0.129 e. The summed E-state index contributed by atoms with van der Waals surface area (Å²) in [6.45, 7) is 0. The van der Waals surface area contributed by atoms with Gasteiger partial charge in [-0.1, -0.05) is 33.6 Å². The Morgan fingerprint density at radius 3 is 2.83 bits per heavy atom. The van der Waals surface area contributed by atoms with E-state index in [0.29, 0.717) is 5.15 Å². The standard InChI is InChI=1S/C9H5BrClN/c10-8-2-1-6-4-9(11)12-5-7(6)3-8/h1-5H. The molecule has 1 aromatic carbocycles. The van der Waals surface area contributed by atoms with Gasteiger partial charge in [0, 0.05) is 16.1 Å². The van der Waals surface area contributed by atoms with Crippen LogP contribution in [0.2, 0.25) is 5.15 Å². The third-order valence-electron chi connectivity index (χ3n) is 1.65. The molecule has 2 rings (SSSR count). The van der Waals surface area contributed by atoms with Gasteiger partial charge in [0.25, 0.3) is 0 Å². The van der Waals surface area contributed by atoms with E-state index in [1.807, 2.05) is 24.3 Å². The molecule has 1 nitrogen and oxygen atoms in total. The van der Waals surface area contributed by atoms with Crippen molar-refractivity contribution in [2.24, 2.45) is 0 Å². The van der Waals surface area contributed by atoms with E-state index in [1.54, 1.807) is 6.20 Å². The molecule has 0 unspecified atom stereocenters. The SMILES string of the molecule is Clc1cc2ccc(Br)cc2cn1. The smallest absolute Gasteiger partial charge is 0.129 e. The number of nitrogens with zero attached hydrogens (tertiary/aromatic N) is 1. The van der Waals surface area contributed by atoms with Crippen LogP contribution in [0.25, 0.3) is 10.8 Å². The van der Waals surface area contributed by atoms with Gasteiger partial charge in [-0.05, 0) is 23.6 Å². The quantitative estimate of drug-likeness (QED) is 0.643. The lowest BCUT2D eigenvalue weighted by atomic mass is 10.2. The van der Waals surface area contributed by atoms with E-state index < -0.39 is 0 Å². The van der Waals surface area contributed by atoms with Crippen LogP contribution in [0.1, 0.15) is 0 Å². The third-order valence-corrected chi connectivity index (χ3v) is 2.35. The van der Waals surface area contributed by atoms with Gasteiger partial charge in [-0.15, -0.1) is 0 Å². The molecule has 0 amide bonds. The minimum Gasteiger partial charge on any atom is -0.244 e. The monoisotopic (exact) mass is 241 g/mol. The van der Waals surface area contributed by atoms with E-state index in [2.05, 4.69) is 20.9 Å². The molecular formula is C9H5BrClN. The summed E-state index contributed by atoms with van der Waals surface area (Å²) in [5.41, 5.74) is 0. The lowest BCUT2D eigenvalue weighted by Crippen LogP contribution is -1.76. The van der Waals surface area contributed by atoms with Crippen molar-refractivity contribution in [3.05, 3.63) is 40.1 Å². The normalized spacial score (nSPS) is 10.5. The highest BCUT2D eigenvalue weighted by molar-refractivity contribution is 9.10. The van der Waals surface area contributed by atoms with E-state index in [-0.39, 0.29) is 0 Å². The van der Waals surface area contributed by atoms with Crippen molar-refractivity contribution in [3.63, 3.8) is 0 Å². The van der Waals surface area contributed by atoms with Crippen LogP contribution in [0.3, 0.4) is 0 Å². The van der Waals surface area contributed by atoms with Crippen molar-refractivity contribution < 1.29 is 0 Å². The van der Waals surface area contributed by atoms with Gasteiger partial charge in [0.15, 0.2) is 0 Å². The van der Waals surface area contributed by atoms with Crippen molar-refractivity contribution in [2.45, 2.75) is 0 Å². The highest BCUT2D eigenvalue weighted by Gasteiger charge is 1.95. The minimum atomic E-state index is 0.532. The zero-order valence-corrected chi connectivity index (χ0v) is 8.43. The van der Waals surface area contributed by atoms with Crippen LogP contribution in [-0.4, -0.2) is 4.98 Å². The summed E-state index contributed by atoms with van der Waals surface area (Å²) >= 11 is 9.13. The number of pyridine rings is 1. The van der Waals surface area contributed by atoms with Gasteiger partial charge in [0.05, 0.1) is 0 Å². The van der Waals surface area contributed by atoms with Gasteiger partial charge in [0.1, 0.15) is 5.15 Å². The molecule has 0 aliphatic carbocycles. The number of fused-ring (bicyclic) bond motifs is 1. The molecule has 0 aliphatic rings. The summed E-state index contributed by atoms with van der Waals surface area (Å²) in [7, 11) is 0. The molecule has 0 saturated heterocycles. The van der Waals surface area contributed by atoms with E-state index in [0.717, 1.165) is 15.2 Å². The van der Waals surface area contributed by atoms with Gasteiger partial charge in [-0.25, -0.2) is 4.98 Å². The summed E-state index contributed by atoms with van der Waals surface area (Å²) in [5, 5.41) is 2.73. The summed E-state index contributed by atoms with van der Waals surface area (Å²) < 4.78 is 1.05. The maximum atomic E-state index is 5.74. The Hall–Kier alpha value is -0.600. The van der Waals surface area contributed by atoms with E-state index >= 15 is 0 Å². The Labute approximate surface area is 83.5 Å². The lowest BCUT2D eigenvalue weighted by Gasteiger charge is -1.97. The van der Waals surface area contributed by atoms with Crippen LogP contribution in [0.4, 0.5) is 0 Å². The van der Waals surface area contributed by atoms with Gasteiger partial charge in [0.2, 0.25) is 0 Å². The van der Waals surface area contributed by atoms with Crippen molar-refractivity contribution >= 4 is 38.3 Å². The number of halogens is 2. The first-order valence-corrected chi connectivity index (χ1v) is 4.63. The highest BCUT2D eigenvalue weighted by Crippen LogP contribution is 2.20. The highest BCUT2D eigenvalue weighted by atomic mass is 79.9. The number of hydrogen-bond donors (Lipinski definition) is 0. The molecule has 0 radical (unpaired) electrons. The Bertz CT molecular complexity index is 387. The predicted octanol–water partition coefficient (Wildman–Crippen LogP) is 3.65. The number of hydrogen-bond acceptors (Lipinski definition) is 1. The molecule has 0 atom stereocenters. The Morgan fingerprint density at radius 1 is 1.17 bits per heavy atom. The first kappa shape index (κ1) is 8.02. The summed E-state index contributed by atoms with van der Waals surface area (Å²) in [6, 6.07) is 7.85. The fourth-order valence-electron chi connectivity index (χ4n) is 1.09. The zero-order chi connectivity index (χ0) is 8.55. The topological polar surface area (TPSA) is 12.9 Å². The molecule has 2 aromatic rings. The fraction of sp³-hybridized carbons (Fsp3) is 0. The first-order valence-electron chi connectivity index (χ1n) is 3.46. The van der Waals surface area contributed by atoms with Crippen LogP contribution in [-0.2, 0) is 0 Å². The molecule has 0 saturated carbocycles. The van der Waals surface area contributed by atoms with E-state index in [9.17, 15) is 0 Å². The van der Waals surface area contributed by atoms with Crippen LogP contribution < -0.4 is 0 Å². The second kappa shape index (κ2) is 3.04. The minimum absolute atomic E-state index is 0.532. The summed E-state index contributed by atoms with van der Waals surface area (Å²) in [5.74, 6) is 0. The molecular weight excluding hydrogens is 237 g/mol. The maximum absolute atomic E-state index is 5.74. The van der Waals surface area contributed by atoms with Crippen molar-refractivity contribution in [2.75, 3.05) is 0 Å². The largest absolute Gasteiger partial charge is 0.244 e. The van der Waals surface area contributed by atoms with E-state index in [4.69, 9.17) is 11.6 Å². The third kappa shape index (κ3) is 1.45. The fourth-order valence-corrected chi connectivity index (χ4v) is 1.63. The van der Waals surface area contributed by atoms with Crippen LogP contribution >= 0.6 is 27.5 Å². The molecule has 0 fully saturated rings. The molecule has 12 heavy (non-hydrogen) atoms. The average Bonchev–Trinajstić information content (AvgIpc) is 2.05. The van der Waals surface area contributed by atoms with Gasteiger partial charge >= 0.3 is 0 Å². The first-order chi connectivity index (χ1) is 5.75. The van der Waals surface area contributed by atoms with Gasteiger partial charge < -0.3 is 0 Å². The number of aromatic nitrogens is 1. The predicted molar refractivity (Wildman–Crippen MR) is 54.5 cm³/mol. The van der Waals surface area contributed by atoms with Crippen molar-refractivity contribution in [1.82, 2.24) is 4.98 Å². The molecule has 3 heteroatoms. The molecule has 60 valence electrons. The molecule has 0 aliphatic heterocycles. The number of rotatable bonds is 0. The van der Waals surface area contributed by atoms with Gasteiger partial charge in [-0.2, -0.15) is 0 Å². The average molecular weight is 243 g/mol. The zero-order valence-electron chi connectivity index (χ0n) is 6.09. The molecule has 1 heterocycles. The molecule has 0 N–H and O–H groups in total. The van der Waals surface area contributed by atoms with E-state index in [1.165, 1.54) is 0 Å². The van der Waals surface area contributed by atoms with Crippen molar-refractivity contribution in [1.29, 1.82) is 0 Å². The van der Waals surface area contributed by atoms with Crippen molar-refractivity contribution in [3.8, 4) is 0 Å². The van der Waals surface area contributed by atoms with Crippen LogP contribution in [0.5, 0.6) is 0 Å². The van der Waals surface area contributed by atoms with Crippen LogP contribution in [0, 0.1) is 0 Å². The Morgan fingerprint density at radius 2 is 2.00 bits per heavy atom. The van der Waals surface area contributed by atoms with Gasteiger partial charge in [-0.3, -0.25) is 0 Å². The Kier molecular flexibility index (Phi) is 2.03. The summed E-state index contributed by atoms with van der Waals surface area (Å²) in [4.78, 5) is 3.99. The lowest BCUT2D eigenvalue weighted by molar-refractivity contribution is 1.36. The summed E-state index contributed by atoms with van der Waals surface area (Å²) in [6.07, 6.45) is 1.77. The molecule has 0 spiro atoms. The van der Waals surface area contributed by atoms with Crippen LogP contribution in [0.15, 0.2) is 34.9 Å². The second-order valence-electron chi connectivity index (χ2n) is 2.50. The molecule has 0 bridgehead atoms. The second-order valence-corrected chi connectivity index (χ2v) is 3.80.